The van der Waals surface area contributed by atoms with Crippen molar-refractivity contribution >= 4 is 10.2 Å². The SMILES string of the molecule is CN(C)S(=O)(=O)n1cc(C#N)nc1C(O)c1ccccc1C(F)(F)F. The van der Waals surface area contributed by atoms with E-state index in [1.54, 1.807) is 6.07 Å². The summed E-state index contributed by atoms with van der Waals surface area (Å²) in [7, 11) is -1.81. The van der Waals surface area contributed by atoms with Crippen molar-refractivity contribution < 1.29 is 26.7 Å². The molecule has 2 rings (SSSR count). The second-order valence-corrected chi connectivity index (χ2v) is 7.19. The molecule has 0 bridgehead atoms. The highest BCUT2D eigenvalue weighted by atomic mass is 32.2. The van der Waals surface area contributed by atoms with E-state index < -0.39 is 39.4 Å². The van der Waals surface area contributed by atoms with Crippen LogP contribution in [0.1, 0.15) is 28.7 Å². The maximum Gasteiger partial charge on any atom is 0.416 e. The van der Waals surface area contributed by atoms with Crippen LogP contribution in [0.5, 0.6) is 0 Å². The number of benzene rings is 1. The second kappa shape index (κ2) is 6.47. The molecule has 0 aliphatic heterocycles. The molecule has 1 N–H and O–H groups in total. The summed E-state index contributed by atoms with van der Waals surface area (Å²) in [5.41, 5.74) is -2.05. The lowest BCUT2D eigenvalue weighted by molar-refractivity contribution is -0.139. The van der Waals surface area contributed by atoms with Crippen molar-refractivity contribution in [2.45, 2.75) is 12.3 Å². The fourth-order valence-electron chi connectivity index (χ4n) is 2.11. The third-order valence-electron chi connectivity index (χ3n) is 3.33. The average molecular weight is 374 g/mol. The third-order valence-corrected chi connectivity index (χ3v) is 5.04. The zero-order chi connectivity index (χ0) is 19.0. The Labute approximate surface area is 141 Å². The molecule has 1 atom stereocenters. The van der Waals surface area contributed by atoms with E-state index in [0.29, 0.717) is 3.97 Å². The second-order valence-electron chi connectivity index (χ2n) is 5.17. The molecule has 0 radical (unpaired) electrons. The van der Waals surface area contributed by atoms with Gasteiger partial charge in [0, 0.05) is 19.7 Å². The van der Waals surface area contributed by atoms with Crippen LogP contribution in [0.25, 0.3) is 0 Å². The van der Waals surface area contributed by atoms with E-state index in [1.165, 1.54) is 20.2 Å². The van der Waals surface area contributed by atoms with Crippen LogP contribution in [0.3, 0.4) is 0 Å². The molecule has 1 aromatic heterocycles. The van der Waals surface area contributed by atoms with Crippen LogP contribution in [-0.2, 0) is 16.4 Å². The van der Waals surface area contributed by atoms with Crippen molar-refractivity contribution in [3.63, 3.8) is 0 Å². The number of nitrogens with zero attached hydrogens (tertiary/aromatic N) is 4. The van der Waals surface area contributed by atoms with Gasteiger partial charge in [0.2, 0.25) is 0 Å². The highest BCUT2D eigenvalue weighted by Crippen LogP contribution is 2.36. The van der Waals surface area contributed by atoms with E-state index in [1.807, 2.05) is 0 Å². The van der Waals surface area contributed by atoms with Gasteiger partial charge in [-0.1, -0.05) is 18.2 Å². The van der Waals surface area contributed by atoms with Gasteiger partial charge in [0.15, 0.2) is 11.5 Å². The molecule has 0 spiro atoms. The Bertz CT molecular complexity index is 930. The first-order chi connectivity index (χ1) is 11.5. The molecule has 1 unspecified atom stereocenters. The Balaban J connectivity index is 2.69. The number of hydrogen-bond donors (Lipinski definition) is 1. The minimum absolute atomic E-state index is 0.357. The van der Waals surface area contributed by atoms with Crippen LogP contribution in [0.15, 0.2) is 30.5 Å². The van der Waals surface area contributed by atoms with E-state index >= 15 is 0 Å². The first-order valence-electron chi connectivity index (χ1n) is 6.76. The van der Waals surface area contributed by atoms with Gasteiger partial charge in [-0.25, -0.2) is 8.96 Å². The Morgan fingerprint density at radius 3 is 2.44 bits per heavy atom. The van der Waals surface area contributed by atoms with Crippen LogP contribution in [0.4, 0.5) is 13.2 Å². The lowest BCUT2D eigenvalue weighted by Gasteiger charge is -2.19. The Hall–Kier alpha value is -2.42. The van der Waals surface area contributed by atoms with Gasteiger partial charge >= 0.3 is 16.4 Å². The molecular formula is C14H13F3N4O3S. The van der Waals surface area contributed by atoms with Gasteiger partial charge in [0.1, 0.15) is 12.2 Å². The van der Waals surface area contributed by atoms with Gasteiger partial charge < -0.3 is 5.11 Å². The number of hydrogen-bond acceptors (Lipinski definition) is 5. The van der Waals surface area contributed by atoms with Gasteiger partial charge in [-0.05, 0) is 6.07 Å². The van der Waals surface area contributed by atoms with E-state index in [2.05, 4.69) is 4.98 Å². The van der Waals surface area contributed by atoms with Crippen molar-refractivity contribution in [1.82, 2.24) is 13.3 Å². The smallest absolute Gasteiger partial charge is 0.380 e. The van der Waals surface area contributed by atoms with Crippen LogP contribution in [0.2, 0.25) is 0 Å². The van der Waals surface area contributed by atoms with Crippen LogP contribution in [0, 0.1) is 11.3 Å². The summed E-state index contributed by atoms with van der Waals surface area (Å²) in [6, 6.07) is 5.79. The highest BCUT2D eigenvalue weighted by molar-refractivity contribution is 7.87. The number of imidazole rings is 1. The topological polar surface area (TPSA) is 99.2 Å². The number of aromatic nitrogens is 2. The largest absolute Gasteiger partial charge is 0.416 e. The molecule has 2 aromatic rings. The first kappa shape index (κ1) is 18.9. The molecule has 0 aliphatic carbocycles. The average Bonchev–Trinajstić information content (AvgIpc) is 2.98. The molecule has 7 nitrogen and oxygen atoms in total. The van der Waals surface area contributed by atoms with Crippen molar-refractivity contribution in [3.05, 3.63) is 53.1 Å². The van der Waals surface area contributed by atoms with Gasteiger partial charge in [-0.15, -0.1) is 0 Å². The first-order valence-corrected chi connectivity index (χ1v) is 8.16. The van der Waals surface area contributed by atoms with Crippen LogP contribution < -0.4 is 0 Å². The minimum atomic E-state index is -4.76. The zero-order valence-corrected chi connectivity index (χ0v) is 13.9. The molecule has 0 saturated carbocycles. The molecule has 25 heavy (non-hydrogen) atoms. The van der Waals surface area contributed by atoms with Gasteiger partial charge in [-0.3, -0.25) is 0 Å². The predicted molar refractivity (Wildman–Crippen MR) is 80.5 cm³/mol. The lowest BCUT2D eigenvalue weighted by Crippen LogP contribution is -2.30. The molecule has 1 aromatic carbocycles. The number of rotatable bonds is 4. The normalized spacial score (nSPS) is 13.7. The standard InChI is InChI=1S/C14H13F3N4O3S/c1-20(2)25(23,24)21-8-9(7-18)19-13(21)12(22)10-5-3-4-6-11(10)14(15,16)17/h3-6,8,12,22H,1-2H3. The summed E-state index contributed by atoms with van der Waals surface area (Å²) in [4.78, 5) is 3.66. The lowest BCUT2D eigenvalue weighted by atomic mass is 10.0. The third kappa shape index (κ3) is 3.51. The summed E-state index contributed by atoms with van der Waals surface area (Å²) < 4.78 is 65.3. The molecule has 134 valence electrons. The summed E-state index contributed by atoms with van der Waals surface area (Å²) in [5.74, 6) is -0.609. The van der Waals surface area contributed by atoms with Crippen molar-refractivity contribution in [1.29, 1.82) is 5.26 Å². The van der Waals surface area contributed by atoms with Crippen molar-refractivity contribution in [2.75, 3.05) is 14.1 Å². The molecule has 0 fully saturated rings. The summed E-state index contributed by atoms with van der Waals surface area (Å²) in [6.45, 7) is 0. The van der Waals surface area contributed by atoms with Crippen LogP contribution in [-0.4, -0.2) is 40.9 Å². The monoisotopic (exact) mass is 374 g/mol. The zero-order valence-electron chi connectivity index (χ0n) is 13.1. The van der Waals surface area contributed by atoms with Crippen LogP contribution >= 0.6 is 0 Å². The van der Waals surface area contributed by atoms with E-state index in [-0.39, 0.29) is 5.69 Å². The highest BCUT2D eigenvalue weighted by Gasteiger charge is 2.37. The van der Waals surface area contributed by atoms with E-state index in [4.69, 9.17) is 5.26 Å². The molecule has 11 heteroatoms. The summed E-state index contributed by atoms with van der Waals surface area (Å²) in [5, 5.41) is 19.3. The summed E-state index contributed by atoms with van der Waals surface area (Å²) in [6.07, 6.45) is -5.92. The fraction of sp³-hybridized carbons (Fsp3) is 0.286. The maximum absolute atomic E-state index is 13.1. The van der Waals surface area contributed by atoms with Gasteiger partial charge in [0.05, 0.1) is 11.8 Å². The number of halogens is 3. The fourth-order valence-corrected chi connectivity index (χ4v) is 3.07. The van der Waals surface area contributed by atoms with Crippen molar-refractivity contribution in [3.8, 4) is 6.07 Å². The van der Waals surface area contributed by atoms with E-state index in [9.17, 15) is 26.7 Å². The minimum Gasteiger partial charge on any atom is -0.380 e. The molecule has 0 aliphatic rings. The number of alkyl halides is 3. The number of nitriles is 1. The summed E-state index contributed by atoms with van der Waals surface area (Å²) >= 11 is 0. The maximum atomic E-state index is 13.1. The predicted octanol–water partition coefficient (Wildman–Crippen LogP) is 1.51. The number of aliphatic hydroxyl groups excluding tert-OH is 1. The quantitative estimate of drug-likeness (QED) is 0.875. The number of aliphatic hydroxyl groups is 1. The molecular weight excluding hydrogens is 361 g/mol. The Morgan fingerprint density at radius 1 is 1.32 bits per heavy atom. The van der Waals surface area contributed by atoms with E-state index in [0.717, 1.165) is 28.7 Å². The van der Waals surface area contributed by atoms with Gasteiger partial charge in [0.25, 0.3) is 0 Å². The molecule has 0 amide bonds. The van der Waals surface area contributed by atoms with Gasteiger partial charge in [-0.2, -0.15) is 31.2 Å². The molecule has 1 heterocycles. The molecule has 0 saturated heterocycles. The van der Waals surface area contributed by atoms with Crippen molar-refractivity contribution in [2.24, 2.45) is 0 Å². The Morgan fingerprint density at radius 2 is 1.92 bits per heavy atom. The Kier molecular flexibility index (Phi) is 4.90.